The second-order valence-electron chi connectivity index (χ2n) is 5.02. The van der Waals surface area contributed by atoms with E-state index in [4.69, 9.17) is 14.2 Å². The minimum Gasteiger partial charge on any atom is -0.496 e. The first-order valence-corrected chi connectivity index (χ1v) is 6.68. The highest BCUT2D eigenvalue weighted by Crippen LogP contribution is 2.42. The average Bonchev–Trinajstić information content (AvgIpc) is 2.46. The van der Waals surface area contributed by atoms with Crippen LogP contribution in [0.2, 0.25) is 0 Å². The molecule has 0 bridgehead atoms. The van der Waals surface area contributed by atoms with Crippen molar-refractivity contribution in [2.75, 3.05) is 41.5 Å². The summed E-state index contributed by atoms with van der Waals surface area (Å²) in [5, 5.41) is 0. The number of likely N-dealkylation sites (tertiary alicyclic amines) is 1. The van der Waals surface area contributed by atoms with Crippen molar-refractivity contribution in [2.45, 2.75) is 18.8 Å². The van der Waals surface area contributed by atoms with Crippen molar-refractivity contribution >= 4 is 0 Å². The maximum Gasteiger partial charge on any atom is 0.129 e. The van der Waals surface area contributed by atoms with E-state index in [2.05, 4.69) is 11.9 Å². The average molecular weight is 265 g/mol. The van der Waals surface area contributed by atoms with Gasteiger partial charge in [-0.2, -0.15) is 0 Å². The molecular formula is C15H23NO3. The molecule has 1 saturated heterocycles. The van der Waals surface area contributed by atoms with E-state index >= 15 is 0 Å². The smallest absolute Gasteiger partial charge is 0.129 e. The van der Waals surface area contributed by atoms with Crippen molar-refractivity contribution in [1.82, 2.24) is 4.90 Å². The predicted octanol–water partition coefficient (Wildman–Crippen LogP) is 2.52. The third-order valence-corrected chi connectivity index (χ3v) is 3.88. The van der Waals surface area contributed by atoms with Crippen LogP contribution < -0.4 is 14.2 Å². The van der Waals surface area contributed by atoms with Gasteiger partial charge < -0.3 is 19.1 Å². The Balaban J connectivity index is 2.36. The molecule has 1 aliphatic heterocycles. The summed E-state index contributed by atoms with van der Waals surface area (Å²) in [5.74, 6) is 2.99. The van der Waals surface area contributed by atoms with Crippen LogP contribution in [0.25, 0.3) is 0 Å². The van der Waals surface area contributed by atoms with Gasteiger partial charge in [-0.3, -0.25) is 0 Å². The van der Waals surface area contributed by atoms with E-state index in [0.717, 1.165) is 43.2 Å². The van der Waals surface area contributed by atoms with Crippen LogP contribution in [0, 0.1) is 0 Å². The summed E-state index contributed by atoms with van der Waals surface area (Å²) in [7, 11) is 7.22. The highest BCUT2D eigenvalue weighted by atomic mass is 16.5. The van der Waals surface area contributed by atoms with Crippen LogP contribution in [-0.2, 0) is 0 Å². The maximum atomic E-state index is 5.54. The van der Waals surface area contributed by atoms with Gasteiger partial charge in [0, 0.05) is 17.7 Å². The molecule has 0 aliphatic carbocycles. The van der Waals surface area contributed by atoms with Gasteiger partial charge in [-0.15, -0.1) is 0 Å². The summed E-state index contributed by atoms with van der Waals surface area (Å²) in [6, 6.07) is 3.88. The summed E-state index contributed by atoms with van der Waals surface area (Å²) in [6.45, 7) is 2.23. The number of rotatable bonds is 4. The molecule has 0 saturated carbocycles. The van der Waals surface area contributed by atoms with E-state index in [9.17, 15) is 0 Å². The molecule has 0 amide bonds. The molecule has 1 aromatic carbocycles. The molecule has 19 heavy (non-hydrogen) atoms. The fourth-order valence-electron chi connectivity index (χ4n) is 2.73. The van der Waals surface area contributed by atoms with E-state index in [1.165, 1.54) is 5.56 Å². The van der Waals surface area contributed by atoms with Crippen LogP contribution in [0.1, 0.15) is 24.3 Å². The largest absolute Gasteiger partial charge is 0.496 e. The molecule has 4 heteroatoms. The second kappa shape index (κ2) is 6.15. The number of hydrogen-bond acceptors (Lipinski definition) is 4. The van der Waals surface area contributed by atoms with Crippen LogP contribution in [-0.4, -0.2) is 46.4 Å². The minimum atomic E-state index is 0.493. The molecule has 0 spiro atoms. The van der Waals surface area contributed by atoms with Crippen LogP contribution in [0.5, 0.6) is 17.2 Å². The lowest BCUT2D eigenvalue weighted by molar-refractivity contribution is 0.249. The second-order valence-corrected chi connectivity index (χ2v) is 5.02. The zero-order chi connectivity index (χ0) is 13.8. The number of ether oxygens (including phenoxy) is 3. The SMILES string of the molecule is COc1cc(OC)c(C2CCN(C)CC2)c(OC)c1. The molecule has 106 valence electrons. The fourth-order valence-corrected chi connectivity index (χ4v) is 2.73. The number of benzene rings is 1. The van der Waals surface area contributed by atoms with Crippen molar-refractivity contribution in [2.24, 2.45) is 0 Å². The number of methoxy groups -OCH3 is 3. The lowest BCUT2D eigenvalue weighted by Gasteiger charge is -2.31. The summed E-state index contributed by atoms with van der Waals surface area (Å²) < 4.78 is 16.4. The van der Waals surface area contributed by atoms with Gasteiger partial charge in [0.2, 0.25) is 0 Å². The zero-order valence-corrected chi connectivity index (χ0v) is 12.2. The van der Waals surface area contributed by atoms with E-state index in [-0.39, 0.29) is 0 Å². The Morgan fingerprint density at radius 2 is 1.47 bits per heavy atom. The molecule has 2 rings (SSSR count). The standard InChI is InChI=1S/C15H23NO3/c1-16-7-5-11(6-8-16)15-13(18-3)9-12(17-2)10-14(15)19-4/h9-11H,5-8H2,1-4H3. The maximum absolute atomic E-state index is 5.54. The molecule has 1 aliphatic rings. The number of piperidine rings is 1. The topological polar surface area (TPSA) is 30.9 Å². The fraction of sp³-hybridized carbons (Fsp3) is 0.600. The first kappa shape index (κ1) is 14.0. The van der Waals surface area contributed by atoms with E-state index in [0.29, 0.717) is 5.92 Å². The molecule has 0 aromatic heterocycles. The predicted molar refractivity (Wildman–Crippen MR) is 75.6 cm³/mol. The minimum absolute atomic E-state index is 0.493. The third kappa shape index (κ3) is 2.95. The lowest BCUT2D eigenvalue weighted by atomic mass is 9.88. The van der Waals surface area contributed by atoms with Gasteiger partial charge in [0.05, 0.1) is 21.3 Å². The van der Waals surface area contributed by atoms with E-state index < -0.39 is 0 Å². The van der Waals surface area contributed by atoms with Crippen LogP contribution in [0.4, 0.5) is 0 Å². The quantitative estimate of drug-likeness (QED) is 0.837. The van der Waals surface area contributed by atoms with Gasteiger partial charge in [0.25, 0.3) is 0 Å². The molecule has 0 N–H and O–H groups in total. The zero-order valence-electron chi connectivity index (χ0n) is 12.2. The first-order valence-electron chi connectivity index (χ1n) is 6.68. The Hall–Kier alpha value is -1.42. The van der Waals surface area contributed by atoms with E-state index in [1.54, 1.807) is 21.3 Å². The van der Waals surface area contributed by atoms with E-state index in [1.807, 2.05) is 12.1 Å². The number of nitrogens with zero attached hydrogens (tertiary/aromatic N) is 1. The third-order valence-electron chi connectivity index (χ3n) is 3.88. The summed E-state index contributed by atoms with van der Waals surface area (Å²) in [6.07, 6.45) is 2.27. The Morgan fingerprint density at radius 1 is 0.947 bits per heavy atom. The van der Waals surface area contributed by atoms with Gasteiger partial charge in [-0.25, -0.2) is 0 Å². The Kier molecular flexibility index (Phi) is 4.53. The molecular weight excluding hydrogens is 242 g/mol. The van der Waals surface area contributed by atoms with Crippen LogP contribution in [0.15, 0.2) is 12.1 Å². The Labute approximate surface area is 115 Å². The van der Waals surface area contributed by atoms with Crippen molar-refractivity contribution in [1.29, 1.82) is 0 Å². The van der Waals surface area contributed by atoms with Gasteiger partial charge in [0.1, 0.15) is 17.2 Å². The normalized spacial score (nSPS) is 17.3. The molecule has 0 unspecified atom stereocenters. The van der Waals surface area contributed by atoms with Crippen LogP contribution >= 0.6 is 0 Å². The molecule has 1 aromatic rings. The van der Waals surface area contributed by atoms with Crippen LogP contribution in [0.3, 0.4) is 0 Å². The summed E-state index contributed by atoms with van der Waals surface area (Å²) in [4.78, 5) is 2.36. The highest BCUT2D eigenvalue weighted by Gasteiger charge is 2.25. The first-order chi connectivity index (χ1) is 9.19. The molecule has 0 atom stereocenters. The van der Waals surface area contributed by atoms with Gasteiger partial charge in [-0.1, -0.05) is 0 Å². The molecule has 0 radical (unpaired) electrons. The van der Waals surface area contributed by atoms with Gasteiger partial charge in [0.15, 0.2) is 0 Å². The molecule has 1 heterocycles. The van der Waals surface area contributed by atoms with Crippen molar-refractivity contribution in [3.63, 3.8) is 0 Å². The highest BCUT2D eigenvalue weighted by molar-refractivity contribution is 5.52. The molecule has 1 fully saturated rings. The van der Waals surface area contributed by atoms with Gasteiger partial charge >= 0.3 is 0 Å². The summed E-state index contributed by atoms with van der Waals surface area (Å²) >= 11 is 0. The monoisotopic (exact) mass is 265 g/mol. The summed E-state index contributed by atoms with van der Waals surface area (Å²) in [5.41, 5.74) is 1.18. The molecule has 4 nitrogen and oxygen atoms in total. The Bertz CT molecular complexity index is 400. The Morgan fingerprint density at radius 3 is 1.89 bits per heavy atom. The van der Waals surface area contributed by atoms with Crippen molar-refractivity contribution in [3.05, 3.63) is 17.7 Å². The van der Waals surface area contributed by atoms with Gasteiger partial charge in [-0.05, 0) is 38.9 Å². The lowest BCUT2D eigenvalue weighted by Crippen LogP contribution is -2.29. The van der Waals surface area contributed by atoms with Crippen molar-refractivity contribution < 1.29 is 14.2 Å². The number of hydrogen-bond donors (Lipinski definition) is 0. The van der Waals surface area contributed by atoms with Crippen molar-refractivity contribution in [3.8, 4) is 17.2 Å².